The normalized spacial score (nSPS) is 17.2. The molecule has 0 aliphatic carbocycles. The van der Waals surface area contributed by atoms with Gasteiger partial charge in [-0.05, 0) is 13.0 Å². The molecule has 0 unspecified atom stereocenters. The molecule has 6 nitrogen and oxygen atoms in total. The highest BCUT2D eigenvalue weighted by molar-refractivity contribution is 5.33. The Morgan fingerprint density at radius 3 is 2.61 bits per heavy atom. The number of aryl methyl sites for hydroxylation is 1. The van der Waals surface area contributed by atoms with Gasteiger partial charge in [0, 0.05) is 45.0 Å². The van der Waals surface area contributed by atoms with Crippen LogP contribution < -0.4 is 10.6 Å². The van der Waals surface area contributed by atoms with E-state index in [0.29, 0.717) is 6.54 Å². The highest BCUT2D eigenvalue weighted by atomic mass is 16.3. The standard InChI is InChI=1S/C12H21N5O/c1-10-8-11(9-13)15-12(14-10)17-4-2-16(3-5-17)6-7-18/h8,18H,2-7,9,13H2,1H3. The molecule has 0 spiro atoms. The molecular weight excluding hydrogens is 230 g/mol. The van der Waals surface area contributed by atoms with Gasteiger partial charge in [-0.1, -0.05) is 0 Å². The molecule has 0 saturated carbocycles. The van der Waals surface area contributed by atoms with Gasteiger partial charge in [0.25, 0.3) is 0 Å². The fourth-order valence-electron chi connectivity index (χ4n) is 2.18. The number of hydrogen-bond acceptors (Lipinski definition) is 6. The van der Waals surface area contributed by atoms with Gasteiger partial charge in [-0.15, -0.1) is 0 Å². The van der Waals surface area contributed by atoms with Crippen LogP contribution in [0.1, 0.15) is 11.4 Å². The van der Waals surface area contributed by atoms with E-state index in [2.05, 4.69) is 19.8 Å². The third kappa shape index (κ3) is 3.16. The molecule has 0 amide bonds. The number of rotatable bonds is 4. The first-order chi connectivity index (χ1) is 8.72. The number of piperazine rings is 1. The smallest absolute Gasteiger partial charge is 0.225 e. The van der Waals surface area contributed by atoms with E-state index in [0.717, 1.165) is 50.1 Å². The monoisotopic (exact) mass is 251 g/mol. The summed E-state index contributed by atoms with van der Waals surface area (Å²) in [6, 6.07) is 1.92. The van der Waals surface area contributed by atoms with Crippen molar-refractivity contribution in [3.05, 3.63) is 17.5 Å². The van der Waals surface area contributed by atoms with Gasteiger partial charge in [0.05, 0.1) is 12.3 Å². The van der Waals surface area contributed by atoms with Gasteiger partial charge in [-0.2, -0.15) is 0 Å². The van der Waals surface area contributed by atoms with Crippen LogP contribution in [0, 0.1) is 6.92 Å². The molecule has 2 heterocycles. The molecule has 100 valence electrons. The average Bonchev–Trinajstić information content (AvgIpc) is 2.39. The summed E-state index contributed by atoms with van der Waals surface area (Å²) >= 11 is 0. The van der Waals surface area contributed by atoms with Gasteiger partial charge in [0.2, 0.25) is 5.95 Å². The van der Waals surface area contributed by atoms with Crippen molar-refractivity contribution in [3.8, 4) is 0 Å². The molecule has 1 aliphatic rings. The second kappa shape index (κ2) is 6.08. The lowest BCUT2D eigenvalue weighted by Crippen LogP contribution is -2.47. The van der Waals surface area contributed by atoms with Crippen molar-refractivity contribution in [1.82, 2.24) is 14.9 Å². The molecule has 1 fully saturated rings. The second-order valence-electron chi connectivity index (χ2n) is 4.56. The third-order valence-electron chi connectivity index (χ3n) is 3.18. The lowest BCUT2D eigenvalue weighted by molar-refractivity contribution is 0.188. The Kier molecular flexibility index (Phi) is 4.46. The molecular formula is C12H21N5O. The molecule has 0 bridgehead atoms. The van der Waals surface area contributed by atoms with E-state index < -0.39 is 0 Å². The number of nitrogens with two attached hydrogens (primary N) is 1. The summed E-state index contributed by atoms with van der Waals surface area (Å²) < 4.78 is 0. The predicted octanol–water partition coefficient (Wildman–Crippen LogP) is -0.642. The van der Waals surface area contributed by atoms with Crippen LogP contribution in [0.15, 0.2) is 6.07 Å². The molecule has 3 N–H and O–H groups in total. The summed E-state index contributed by atoms with van der Waals surface area (Å²) in [6.07, 6.45) is 0. The summed E-state index contributed by atoms with van der Waals surface area (Å²) in [6.45, 7) is 7.05. The maximum absolute atomic E-state index is 8.91. The van der Waals surface area contributed by atoms with Crippen LogP contribution in [0.25, 0.3) is 0 Å². The highest BCUT2D eigenvalue weighted by Crippen LogP contribution is 2.12. The summed E-state index contributed by atoms with van der Waals surface area (Å²) in [5.41, 5.74) is 7.48. The maximum atomic E-state index is 8.91. The van der Waals surface area contributed by atoms with Crippen LogP contribution in [-0.2, 0) is 6.54 Å². The van der Waals surface area contributed by atoms with Gasteiger partial charge in [-0.25, -0.2) is 9.97 Å². The molecule has 0 atom stereocenters. The third-order valence-corrected chi connectivity index (χ3v) is 3.18. The van der Waals surface area contributed by atoms with Crippen LogP contribution in [-0.4, -0.2) is 59.3 Å². The van der Waals surface area contributed by atoms with Crippen molar-refractivity contribution >= 4 is 5.95 Å². The van der Waals surface area contributed by atoms with Crippen molar-refractivity contribution < 1.29 is 5.11 Å². The maximum Gasteiger partial charge on any atom is 0.225 e. The first kappa shape index (κ1) is 13.2. The molecule has 2 rings (SSSR count). The molecule has 1 saturated heterocycles. The number of hydrogen-bond donors (Lipinski definition) is 2. The minimum absolute atomic E-state index is 0.221. The topological polar surface area (TPSA) is 78.5 Å². The summed E-state index contributed by atoms with van der Waals surface area (Å²) in [4.78, 5) is 13.4. The first-order valence-electron chi connectivity index (χ1n) is 6.35. The van der Waals surface area contributed by atoms with Crippen LogP contribution in [0.3, 0.4) is 0 Å². The lowest BCUT2D eigenvalue weighted by Gasteiger charge is -2.34. The number of aromatic nitrogens is 2. The van der Waals surface area contributed by atoms with E-state index >= 15 is 0 Å². The SMILES string of the molecule is Cc1cc(CN)nc(N2CCN(CCO)CC2)n1. The van der Waals surface area contributed by atoms with Crippen LogP contribution in [0.5, 0.6) is 0 Å². The van der Waals surface area contributed by atoms with Gasteiger partial charge in [0.15, 0.2) is 0 Å². The lowest BCUT2D eigenvalue weighted by atomic mass is 10.3. The number of aliphatic hydroxyl groups excluding tert-OH is 1. The van der Waals surface area contributed by atoms with Crippen LogP contribution in [0.2, 0.25) is 0 Å². The van der Waals surface area contributed by atoms with E-state index in [9.17, 15) is 0 Å². The van der Waals surface area contributed by atoms with Gasteiger partial charge in [0.1, 0.15) is 0 Å². The fraction of sp³-hybridized carbons (Fsp3) is 0.667. The van der Waals surface area contributed by atoms with Crippen LogP contribution >= 0.6 is 0 Å². The van der Waals surface area contributed by atoms with E-state index in [4.69, 9.17) is 10.8 Å². The highest BCUT2D eigenvalue weighted by Gasteiger charge is 2.18. The van der Waals surface area contributed by atoms with Crippen molar-refractivity contribution in [2.75, 3.05) is 44.2 Å². The Labute approximate surface area is 107 Å². The van der Waals surface area contributed by atoms with E-state index in [1.165, 1.54) is 0 Å². The average molecular weight is 251 g/mol. The van der Waals surface area contributed by atoms with Crippen LogP contribution in [0.4, 0.5) is 5.95 Å². The van der Waals surface area contributed by atoms with Crippen molar-refractivity contribution in [2.24, 2.45) is 5.73 Å². The summed E-state index contributed by atoms with van der Waals surface area (Å²) in [5, 5.41) is 8.91. The molecule has 0 aromatic carbocycles. The predicted molar refractivity (Wildman–Crippen MR) is 70.4 cm³/mol. The fourth-order valence-corrected chi connectivity index (χ4v) is 2.18. The Morgan fingerprint density at radius 2 is 2.00 bits per heavy atom. The minimum Gasteiger partial charge on any atom is -0.395 e. The second-order valence-corrected chi connectivity index (χ2v) is 4.56. The molecule has 0 radical (unpaired) electrons. The molecule has 18 heavy (non-hydrogen) atoms. The minimum atomic E-state index is 0.221. The molecule has 6 heteroatoms. The summed E-state index contributed by atoms with van der Waals surface area (Å²) in [7, 11) is 0. The number of aliphatic hydroxyl groups is 1. The number of anilines is 1. The summed E-state index contributed by atoms with van der Waals surface area (Å²) in [5.74, 6) is 0.777. The van der Waals surface area contributed by atoms with E-state index in [1.807, 2.05) is 13.0 Å². The number of β-amino-alcohol motifs (C(OH)–C–C–N with tert-alkyl or cyclic N) is 1. The van der Waals surface area contributed by atoms with Gasteiger partial charge >= 0.3 is 0 Å². The van der Waals surface area contributed by atoms with Gasteiger partial charge < -0.3 is 15.7 Å². The van der Waals surface area contributed by atoms with E-state index in [1.54, 1.807) is 0 Å². The Hall–Kier alpha value is -1.24. The Morgan fingerprint density at radius 1 is 1.28 bits per heavy atom. The molecule has 1 aliphatic heterocycles. The quantitative estimate of drug-likeness (QED) is 0.741. The Balaban J connectivity index is 2.02. The zero-order valence-electron chi connectivity index (χ0n) is 10.8. The first-order valence-corrected chi connectivity index (χ1v) is 6.35. The van der Waals surface area contributed by atoms with E-state index in [-0.39, 0.29) is 6.61 Å². The number of nitrogens with zero attached hydrogens (tertiary/aromatic N) is 4. The molecule has 1 aromatic rings. The van der Waals surface area contributed by atoms with Crippen molar-refractivity contribution in [1.29, 1.82) is 0 Å². The zero-order valence-corrected chi connectivity index (χ0v) is 10.8. The largest absolute Gasteiger partial charge is 0.395 e. The zero-order chi connectivity index (χ0) is 13.0. The van der Waals surface area contributed by atoms with Crippen molar-refractivity contribution in [2.45, 2.75) is 13.5 Å². The van der Waals surface area contributed by atoms with Gasteiger partial charge in [-0.3, -0.25) is 4.90 Å². The molecule has 1 aromatic heterocycles. The van der Waals surface area contributed by atoms with Crippen molar-refractivity contribution in [3.63, 3.8) is 0 Å². The Bertz CT molecular complexity index is 390.